The Bertz CT molecular complexity index is 1280. The van der Waals surface area contributed by atoms with Gasteiger partial charge in [-0.15, -0.1) is 0 Å². The third kappa shape index (κ3) is 7.12. The molecule has 2 aromatic heterocycles. The van der Waals surface area contributed by atoms with Crippen molar-refractivity contribution >= 4 is 29.2 Å². The van der Waals surface area contributed by atoms with E-state index in [-0.39, 0.29) is 54.7 Å². The second-order valence-corrected chi connectivity index (χ2v) is 9.65. The first-order valence-electron chi connectivity index (χ1n) is 11.8. The van der Waals surface area contributed by atoms with Gasteiger partial charge in [0.1, 0.15) is 5.76 Å². The number of aliphatic carboxylic acids is 1. The molecule has 2 heterocycles. The third-order valence-electron chi connectivity index (χ3n) is 6.11. The minimum absolute atomic E-state index is 0.0591. The van der Waals surface area contributed by atoms with E-state index in [4.69, 9.17) is 20.6 Å². The van der Waals surface area contributed by atoms with Gasteiger partial charge in [-0.05, 0) is 49.8 Å². The molecule has 4 rings (SSSR count). The number of nitrogens with one attached hydrogen (secondary N) is 1. The molecule has 1 saturated carbocycles. The predicted molar refractivity (Wildman–Crippen MR) is 127 cm³/mol. The number of alkyl halides is 3. The average Bonchev–Trinajstić information content (AvgIpc) is 3.37. The number of hydrogen-bond acceptors (Lipinski definition) is 6. The maximum atomic E-state index is 12.9. The molecule has 1 aliphatic carbocycles. The number of hydrogen-bond donors (Lipinski definition) is 2. The molecule has 1 aliphatic rings. The van der Waals surface area contributed by atoms with E-state index in [0.29, 0.717) is 22.0 Å². The van der Waals surface area contributed by atoms with Crippen LogP contribution in [-0.2, 0) is 16.0 Å². The van der Waals surface area contributed by atoms with Crippen molar-refractivity contribution in [3.05, 3.63) is 51.9 Å². The number of carbonyl (C=O) groups excluding carboxylic acids is 1. The lowest BCUT2D eigenvalue weighted by molar-refractivity contribution is -0.137. The predicted octanol–water partition coefficient (Wildman–Crippen LogP) is 6.64. The van der Waals surface area contributed by atoms with Gasteiger partial charge in [-0.1, -0.05) is 28.0 Å². The van der Waals surface area contributed by atoms with E-state index in [1.54, 1.807) is 18.2 Å². The maximum Gasteiger partial charge on any atom is 0.389 e. The molecular weight excluding hydrogens is 515 g/mol. The second kappa shape index (κ2) is 11.0. The summed E-state index contributed by atoms with van der Waals surface area (Å²) in [6.07, 6.45) is -4.21. The zero-order valence-electron chi connectivity index (χ0n) is 19.9. The van der Waals surface area contributed by atoms with Gasteiger partial charge in [-0.2, -0.15) is 13.2 Å². The topological polar surface area (TPSA) is 118 Å². The molecular formula is C25H25ClF3N3O5. The fourth-order valence-electron chi connectivity index (χ4n) is 4.14. The molecule has 1 fully saturated rings. The van der Waals surface area contributed by atoms with Gasteiger partial charge in [0.15, 0.2) is 11.5 Å². The van der Waals surface area contributed by atoms with Crippen molar-refractivity contribution in [3.63, 3.8) is 0 Å². The Balaban J connectivity index is 1.58. The Morgan fingerprint density at radius 1 is 1.22 bits per heavy atom. The van der Waals surface area contributed by atoms with Crippen LogP contribution < -0.4 is 5.32 Å². The van der Waals surface area contributed by atoms with Gasteiger partial charge in [0.05, 0.1) is 22.8 Å². The summed E-state index contributed by atoms with van der Waals surface area (Å²) < 4.78 is 48.4. The van der Waals surface area contributed by atoms with Crippen LogP contribution in [0.15, 0.2) is 33.3 Å². The first-order valence-corrected chi connectivity index (χ1v) is 12.2. The third-order valence-corrected chi connectivity index (χ3v) is 6.42. The highest BCUT2D eigenvalue weighted by Gasteiger charge is 2.37. The summed E-state index contributed by atoms with van der Waals surface area (Å²) in [5.41, 5.74) is 2.72. The Morgan fingerprint density at radius 2 is 1.97 bits per heavy atom. The lowest BCUT2D eigenvalue weighted by Crippen LogP contribution is -2.17. The highest BCUT2D eigenvalue weighted by Crippen LogP contribution is 2.48. The molecule has 198 valence electrons. The summed E-state index contributed by atoms with van der Waals surface area (Å²) in [5.74, 6) is -1.58. The number of carboxylic acids is 1. The summed E-state index contributed by atoms with van der Waals surface area (Å²) in [4.78, 5) is 24.2. The van der Waals surface area contributed by atoms with Crippen molar-refractivity contribution in [1.29, 1.82) is 0 Å². The summed E-state index contributed by atoms with van der Waals surface area (Å²) in [7, 11) is 0. The minimum Gasteiger partial charge on any atom is -0.481 e. The highest BCUT2D eigenvalue weighted by atomic mass is 35.5. The van der Waals surface area contributed by atoms with Crippen LogP contribution >= 0.6 is 11.6 Å². The summed E-state index contributed by atoms with van der Waals surface area (Å²) in [5, 5.41) is 20.5. The van der Waals surface area contributed by atoms with E-state index in [2.05, 4.69) is 15.6 Å². The molecule has 1 amide bonds. The smallest absolute Gasteiger partial charge is 0.389 e. The molecule has 0 unspecified atom stereocenters. The SMILES string of the molecule is Cc1ccc(NC(=O)C[C@H](CCC(=O)O)c2noc(-c3cc(CCC(F)(F)F)on3)c2C2CC2)c(Cl)c1. The van der Waals surface area contributed by atoms with Crippen LogP contribution in [0.25, 0.3) is 11.5 Å². The van der Waals surface area contributed by atoms with Crippen molar-refractivity contribution in [2.24, 2.45) is 0 Å². The molecule has 3 aromatic rings. The zero-order chi connectivity index (χ0) is 26.7. The number of aromatic nitrogens is 2. The first-order chi connectivity index (χ1) is 17.5. The normalized spacial score (nSPS) is 14.5. The van der Waals surface area contributed by atoms with Gasteiger partial charge in [0.25, 0.3) is 0 Å². The van der Waals surface area contributed by atoms with Gasteiger partial charge in [-0.3, -0.25) is 9.59 Å². The zero-order valence-corrected chi connectivity index (χ0v) is 20.7. The first kappa shape index (κ1) is 26.7. The van der Waals surface area contributed by atoms with Crippen LogP contribution in [0.2, 0.25) is 5.02 Å². The largest absolute Gasteiger partial charge is 0.481 e. The van der Waals surface area contributed by atoms with Crippen LogP contribution in [0.4, 0.5) is 18.9 Å². The van der Waals surface area contributed by atoms with Crippen LogP contribution in [0.3, 0.4) is 0 Å². The van der Waals surface area contributed by atoms with Crippen molar-refractivity contribution in [1.82, 2.24) is 10.3 Å². The van der Waals surface area contributed by atoms with Gasteiger partial charge < -0.3 is 19.5 Å². The van der Waals surface area contributed by atoms with Crippen LogP contribution in [0.5, 0.6) is 0 Å². The number of anilines is 1. The Labute approximate surface area is 215 Å². The van der Waals surface area contributed by atoms with E-state index >= 15 is 0 Å². The summed E-state index contributed by atoms with van der Waals surface area (Å²) in [6.45, 7) is 1.87. The van der Waals surface area contributed by atoms with Crippen molar-refractivity contribution in [3.8, 4) is 11.5 Å². The number of aryl methyl sites for hydroxylation is 2. The van der Waals surface area contributed by atoms with Crippen molar-refractivity contribution in [2.45, 2.75) is 69.9 Å². The number of nitrogens with zero attached hydrogens (tertiary/aromatic N) is 2. The summed E-state index contributed by atoms with van der Waals surface area (Å²) in [6, 6.07) is 6.60. The number of benzene rings is 1. The fraction of sp³-hybridized carbons (Fsp3) is 0.440. The maximum absolute atomic E-state index is 12.9. The monoisotopic (exact) mass is 539 g/mol. The van der Waals surface area contributed by atoms with E-state index in [1.165, 1.54) is 6.07 Å². The van der Waals surface area contributed by atoms with Gasteiger partial charge in [0, 0.05) is 36.8 Å². The molecule has 0 bridgehead atoms. The lowest BCUT2D eigenvalue weighted by atomic mass is 9.90. The molecule has 0 saturated heterocycles. The Kier molecular flexibility index (Phi) is 7.91. The fourth-order valence-corrected chi connectivity index (χ4v) is 4.42. The molecule has 1 aromatic carbocycles. The molecule has 0 radical (unpaired) electrons. The number of halogens is 4. The number of carboxylic acid groups (broad SMARTS) is 1. The molecule has 2 N–H and O–H groups in total. The van der Waals surface area contributed by atoms with Crippen LogP contribution in [0.1, 0.15) is 72.9 Å². The Hall–Kier alpha value is -3.34. The van der Waals surface area contributed by atoms with E-state index < -0.39 is 24.5 Å². The molecule has 8 nitrogen and oxygen atoms in total. The van der Waals surface area contributed by atoms with E-state index in [1.807, 2.05) is 6.92 Å². The minimum atomic E-state index is -4.33. The molecule has 0 aliphatic heterocycles. The van der Waals surface area contributed by atoms with E-state index in [9.17, 15) is 27.9 Å². The standard InChI is InChI=1S/C25H25ClF3N3O5/c1-13-2-6-18(17(26)10-13)30-20(33)11-15(5-7-21(34)35)23-22(14-3-4-14)24(37-32-23)19-12-16(36-31-19)8-9-25(27,28)29/h2,6,10,12,14-15H,3-5,7-9,11H2,1H3,(H,30,33)(H,34,35)/t15-/m0/s1. The van der Waals surface area contributed by atoms with Crippen molar-refractivity contribution < 1.29 is 36.9 Å². The number of carbonyl (C=O) groups is 2. The molecule has 1 atom stereocenters. The van der Waals surface area contributed by atoms with Gasteiger partial charge >= 0.3 is 12.1 Å². The van der Waals surface area contributed by atoms with Gasteiger partial charge in [0.2, 0.25) is 5.91 Å². The summed E-state index contributed by atoms with van der Waals surface area (Å²) >= 11 is 6.23. The lowest BCUT2D eigenvalue weighted by Gasteiger charge is -2.16. The van der Waals surface area contributed by atoms with Crippen molar-refractivity contribution in [2.75, 3.05) is 5.32 Å². The van der Waals surface area contributed by atoms with Gasteiger partial charge in [-0.25, -0.2) is 0 Å². The second-order valence-electron chi connectivity index (χ2n) is 9.24. The Morgan fingerprint density at radius 3 is 2.62 bits per heavy atom. The molecule has 12 heteroatoms. The molecule has 37 heavy (non-hydrogen) atoms. The highest BCUT2D eigenvalue weighted by molar-refractivity contribution is 6.33. The number of rotatable bonds is 11. The average molecular weight is 540 g/mol. The van der Waals surface area contributed by atoms with E-state index in [0.717, 1.165) is 18.4 Å². The number of amides is 1. The quantitative estimate of drug-likeness (QED) is 0.280. The molecule has 0 spiro atoms. The van der Waals surface area contributed by atoms with Crippen LogP contribution in [-0.4, -0.2) is 33.5 Å². The van der Waals surface area contributed by atoms with Crippen LogP contribution in [0, 0.1) is 6.92 Å².